The Kier molecular flexibility index (Phi) is 6.01. The first-order valence-corrected chi connectivity index (χ1v) is 9.04. The first-order valence-electron chi connectivity index (χ1n) is 9.04. The molecule has 142 valence electrons. The second-order valence-corrected chi connectivity index (χ2v) is 6.32. The van der Waals surface area contributed by atoms with Crippen molar-refractivity contribution in [2.45, 2.75) is 20.3 Å². The first-order chi connectivity index (χ1) is 13.5. The molecule has 6 nitrogen and oxygen atoms in total. The Hall–Kier alpha value is -3.67. The van der Waals surface area contributed by atoms with Crippen LogP contribution < -0.4 is 16.0 Å². The number of aromatic nitrogens is 1. The minimum atomic E-state index is -0.272. The van der Waals surface area contributed by atoms with Gasteiger partial charge in [0, 0.05) is 30.2 Å². The first kappa shape index (κ1) is 19.1. The molecule has 2 amide bonds. The van der Waals surface area contributed by atoms with E-state index in [1.807, 2.05) is 12.1 Å². The fourth-order valence-electron chi connectivity index (χ4n) is 2.66. The number of benzene rings is 2. The van der Waals surface area contributed by atoms with Crippen LogP contribution in [0.4, 0.5) is 22.9 Å². The fraction of sp³-hybridized carbons (Fsp3) is 0.136. The van der Waals surface area contributed by atoms with Crippen LogP contribution in [0, 0.1) is 0 Å². The summed E-state index contributed by atoms with van der Waals surface area (Å²) in [5.74, 6) is 0.222. The maximum absolute atomic E-state index is 12.4. The highest BCUT2D eigenvalue weighted by Crippen LogP contribution is 2.18. The number of nitrogens with zero attached hydrogens (tertiary/aromatic N) is 1. The molecule has 0 bridgehead atoms. The summed E-state index contributed by atoms with van der Waals surface area (Å²) < 4.78 is 0. The molecule has 0 atom stereocenters. The van der Waals surface area contributed by atoms with Crippen LogP contribution in [0.25, 0.3) is 0 Å². The van der Waals surface area contributed by atoms with Gasteiger partial charge in [0.2, 0.25) is 5.91 Å². The number of aryl methyl sites for hydroxylation is 1. The summed E-state index contributed by atoms with van der Waals surface area (Å²) in [4.78, 5) is 27.9. The van der Waals surface area contributed by atoms with Crippen LogP contribution in [-0.4, -0.2) is 16.8 Å². The van der Waals surface area contributed by atoms with Crippen molar-refractivity contribution in [3.05, 3.63) is 78.0 Å². The van der Waals surface area contributed by atoms with Crippen molar-refractivity contribution in [2.24, 2.45) is 0 Å². The van der Waals surface area contributed by atoms with Gasteiger partial charge in [0.05, 0.1) is 5.56 Å². The Morgan fingerprint density at radius 1 is 0.893 bits per heavy atom. The molecule has 0 saturated carbocycles. The van der Waals surface area contributed by atoms with Crippen molar-refractivity contribution in [2.75, 3.05) is 16.0 Å². The second-order valence-electron chi connectivity index (χ2n) is 6.32. The summed E-state index contributed by atoms with van der Waals surface area (Å²) in [5, 5.41) is 8.70. The monoisotopic (exact) mass is 374 g/mol. The maximum Gasteiger partial charge on any atom is 0.257 e. The van der Waals surface area contributed by atoms with Gasteiger partial charge in [0.15, 0.2) is 0 Å². The molecule has 0 aliphatic rings. The number of rotatable bonds is 6. The number of amides is 2. The van der Waals surface area contributed by atoms with Crippen LogP contribution in [0.2, 0.25) is 0 Å². The third-order valence-corrected chi connectivity index (χ3v) is 4.10. The summed E-state index contributed by atoms with van der Waals surface area (Å²) in [6.07, 6.45) is 2.52. The number of carbonyl (C=O) groups is 2. The van der Waals surface area contributed by atoms with Crippen LogP contribution in [0.3, 0.4) is 0 Å². The van der Waals surface area contributed by atoms with E-state index in [0.29, 0.717) is 22.8 Å². The van der Waals surface area contributed by atoms with Crippen molar-refractivity contribution < 1.29 is 9.59 Å². The molecule has 6 heteroatoms. The predicted molar refractivity (Wildman–Crippen MR) is 112 cm³/mol. The zero-order valence-electron chi connectivity index (χ0n) is 15.8. The topological polar surface area (TPSA) is 83.1 Å². The lowest BCUT2D eigenvalue weighted by molar-refractivity contribution is -0.114. The van der Waals surface area contributed by atoms with Gasteiger partial charge in [-0.15, -0.1) is 0 Å². The summed E-state index contributed by atoms with van der Waals surface area (Å²) in [6.45, 7) is 3.55. The fourth-order valence-corrected chi connectivity index (χ4v) is 2.66. The second kappa shape index (κ2) is 8.81. The zero-order valence-corrected chi connectivity index (χ0v) is 15.8. The SMILES string of the molecule is CCc1ccc(Nc2ccc(C(=O)Nc3cccc(NC(C)=O)c3)cn2)cc1. The molecule has 2 aromatic carbocycles. The van der Waals surface area contributed by atoms with Crippen molar-refractivity contribution in [3.63, 3.8) is 0 Å². The molecule has 3 rings (SSSR count). The Morgan fingerprint density at radius 2 is 1.61 bits per heavy atom. The number of carbonyl (C=O) groups excluding carboxylic acids is 2. The largest absolute Gasteiger partial charge is 0.340 e. The normalized spacial score (nSPS) is 10.2. The highest BCUT2D eigenvalue weighted by Gasteiger charge is 2.08. The highest BCUT2D eigenvalue weighted by atomic mass is 16.2. The molecular weight excluding hydrogens is 352 g/mol. The molecule has 0 unspecified atom stereocenters. The standard InChI is InChI=1S/C22H22N4O2/c1-3-16-7-10-18(11-8-16)25-21-12-9-17(14-23-21)22(28)26-20-6-4-5-19(13-20)24-15(2)27/h4-14H,3H2,1-2H3,(H,23,25)(H,24,27)(H,26,28). The van der Waals surface area contributed by atoms with E-state index in [1.165, 1.54) is 18.7 Å². The van der Waals surface area contributed by atoms with Gasteiger partial charge >= 0.3 is 0 Å². The lowest BCUT2D eigenvalue weighted by atomic mass is 10.1. The Morgan fingerprint density at radius 3 is 2.21 bits per heavy atom. The van der Waals surface area contributed by atoms with Gasteiger partial charge in [-0.2, -0.15) is 0 Å². The van der Waals surface area contributed by atoms with Gasteiger partial charge < -0.3 is 16.0 Å². The average molecular weight is 374 g/mol. The van der Waals surface area contributed by atoms with Crippen LogP contribution >= 0.6 is 0 Å². The summed E-state index contributed by atoms with van der Waals surface area (Å²) in [5.41, 5.74) is 3.87. The minimum Gasteiger partial charge on any atom is -0.340 e. The average Bonchev–Trinajstić information content (AvgIpc) is 2.69. The number of hydrogen-bond acceptors (Lipinski definition) is 4. The Balaban J connectivity index is 1.64. The molecule has 1 aromatic heterocycles. The Bertz CT molecular complexity index is 967. The molecule has 3 N–H and O–H groups in total. The van der Waals surface area contributed by atoms with E-state index in [0.717, 1.165) is 12.1 Å². The van der Waals surface area contributed by atoms with Crippen molar-refractivity contribution >= 4 is 34.7 Å². The number of anilines is 4. The molecule has 0 aliphatic heterocycles. The van der Waals surface area contributed by atoms with Crippen LogP contribution in [0.5, 0.6) is 0 Å². The smallest absolute Gasteiger partial charge is 0.257 e. The molecule has 0 aliphatic carbocycles. The van der Waals surface area contributed by atoms with E-state index in [9.17, 15) is 9.59 Å². The number of pyridine rings is 1. The molecule has 1 heterocycles. The predicted octanol–water partition coefficient (Wildman–Crippen LogP) is 4.60. The van der Waals surface area contributed by atoms with Crippen molar-refractivity contribution in [3.8, 4) is 0 Å². The third kappa shape index (κ3) is 5.17. The summed E-state index contributed by atoms with van der Waals surface area (Å²) in [7, 11) is 0. The lowest BCUT2D eigenvalue weighted by Gasteiger charge is -2.09. The quantitative estimate of drug-likeness (QED) is 0.589. The number of hydrogen-bond donors (Lipinski definition) is 3. The van der Waals surface area contributed by atoms with Gasteiger partial charge in [-0.1, -0.05) is 25.1 Å². The molecule has 28 heavy (non-hydrogen) atoms. The molecule has 0 radical (unpaired) electrons. The van der Waals surface area contributed by atoms with Gasteiger partial charge in [0.25, 0.3) is 5.91 Å². The van der Waals surface area contributed by atoms with Crippen LogP contribution in [0.15, 0.2) is 66.9 Å². The molecular formula is C22H22N4O2. The lowest BCUT2D eigenvalue weighted by Crippen LogP contribution is -2.13. The summed E-state index contributed by atoms with van der Waals surface area (Å²) in [6, 6.07) is 18.6. The minimum absolute atomic E-state index is 0.167. The number of nitrogens with one attached hydrogen (secondary N) is 3. The van der Waals surface area contributed by atoms with E-state index in [4.69, 9.17) is 0 Å². The molecule has 0 spiro atoms. The van der Waals surface area contributed by atoms with Crippen LogP contribution in [-0.2, 0) is 11.2 Å². The summed E-state index contributed by atoms with van der Waals surface area (Å²) >= 11 is 0. The third-order valence-electron chi connectivity index (χ3n) is 4.10. The van der Waals surface area contributed by atoms with Crippen molar-refractivity contribution in [1.29, 1.82) is 0 Å². The van der Waals surface area contributed by atoms with Gasteiger partial charge in [0.1, 0.15) is 5.82 Å². The van der Waals surface area contributed by atoms with Crippen LogP contribution in [0.1, 0.15) is 29.8 Å². The highest BCUT2D eigenvalue weighted by molar-refractivity contribution is 6.04. The van der Waals surface area contributed by atoms with E-state index in [-0.39, 0.29) is 11.8 Å². The maximum atomic E-state index is 12.4. The van der Waals surface area contributed by atoms with E-state index >= 15 is 0 Å². The molecule has 0 saturated heterocycles. The Labute approximate surface area is 164 Å². The van der Waals surface area contributed by atoms with Gasteiger partial charge in [-0.3, -0.25) is 9.59 Å². The van der Waals surface area contributed by atoms with Gasteiger partial charge in [-0.05, 0) is 54.4 Å². The van der Waals surface area contributed by atoms with Crippen molar-refractivity contribution in [1.82, 2.24) is 4.98 Å². The molecule has 0 fully saturated rings. The zero-order chi connectivity index (χ0) is 19.9. The van der Waals surface area contributed by atoms with E-state index < -0.39 is 0 Å². The van der Waals surface area contributed by atoms with E-state index in [1.54, 1.807) is 36.4 Å². The molecule has 3 aromatic rings. The van der Waals surface area contributed by atoms with Gasteiger partial charge in [-0.25, -0.2) is 4.98 Å². The van der Waals surface area contributed by atoms with E-state index in [2.05, 4.69) is 40.0 Å².